The first kappa shape index (κ1) is 17.0. The van der Waals surface area contributed by atoms with E-state index < -0.39 is 5.60 Å². The normalized spacial score (nSPS) is 24.4. The van der Waals surface area contributed by atoms with Gasteiger partial charge in [-0.15, -0.1) is 0 Å². The highest BCUT2D eigenvalue weighted by Gasteiger charge is 2.39. The molecule has 1 heterocycles. The molecule has 3 rings (SSSR count). The van der Waals surface area contributed by atoms with Crippen LogP contribution in [0.4, 0.5) is 0 Å². The lowest BCUT2D eigenvalue weighted by atomic mass is 9.71. The van der Waals surface area contributed by atoms with Crippen molar-refractivity contribution in [3.63, 3.8) is 0 Å². The molecule has 1 aromatic rings. The van der Waals surface area contributed by atoms with Crippen LogP contribution in [0.25, 0.3) is 0 Å². The van der Waals surface area contributed by atoms with Crippen LogP contribution in [0, 0.1) is 0 Å². The Morgan fingerprint density at radius 3 is 2.57 bits per heavy atom. The van der Waals surface area contributed by atoms with E-state index in [9.17, 15) is 5.11 Å². The topological polar surface area (TPSA) is 49.5 Å². The van der Waals surface area contributed by atoms with Crippen molar-refractivity contribution in [3.05, 3.63) is 29.8 Å². The van der Waals surface area contributed by atoms with Gasteiger partial charge in [0.2, 0.25) is 0 Å². The Labute approximate surface area is 141 Å². The van der Waals surface area contributed by atoms with Crippen LogP contribution in [-0.2, 0) is 0 Å². The first-order chi connectivity index (χ1) is 11.1. The number of piperidine rings is 1. The van der Waals surface area contributed by atoms with Crippen molar-refractivity contribution in [2.45, 2.75) is 62.5 Å². The number of hydrogen-bond donors (Lipinski definition) is 2. The summed E-state index contributed by atoms with van der Waals surface area (Å²) in [6, 6.07) is 9.12. The van der Waals surface area contributed by atoms with Crippen molar-refractivity contribution >= 4 is 13.3 Å². The Morgan fingerprint density at radius 1 is 1.22 bits per heavy atom. The second-order valence-electron chi connectivity index (χ2n) is 7.77. The van der Waals surface area contributed by atoms with E-state index in [0.717, 1.165) is 58.2 Å². The lowest BCUT2D eigenvalue weighted by Crippen LogP contribution is -2.47. The summed E-state index contributed by atoms with van der Waals surface area (Å²) in [5.74, 6) is 0.219. The molecule has 1 atom stereocenters. The van der Waals surface area contributed by atoms with Crippen LogP contribution in [-0.4, -0.2) is 49.1 Å². The van der Waals surface area contributed by atoms with Gasteiger partial charge in [-0.1, -0.05) is 49.0 Å². The van der Waals surface area contributed by atoms with Crippen LogP contribution in [0.5, 0.6) is 0 Å². The maximum atomic E-state index is 11.4. The van der Waals surface area contributed by atoms with E-state index in [4.69, 9.17) is 5.73 Å². The van der Waals surface area contributed by atoms with Gasteiger partial charge in [-0.3, -0.25) is 0 Å². The molecule has 1 saturated heterocycles. The van der Waals surface area contributed by atoms with Crippen molar-refractivity contribution < 1.29 is 5.11 Å². The van der Waals surface area contributed by atoms with Gasteiger partial charge in [0.05, 0.1) is 5.60 Å². The molecule has 126 valence electrons. The minimum Gasteiger partial charge on any atom is -0.389 e. The molecule has 1 unspecified atom stereocenters. The summed E-state index contributed by atoms with van der Waals surface area (Å²) in [6.45, 7) is 3.10. The zero-order chi connectivity index (χ0) is 16.3. The minimum atomic E-state index is -0.536. The number of aliphatic hydroxyl groups is 1. The molecule has 3 N–H and O–H groups in total. The van der Waals surface area contributed by atoms with Crippen molar-refractivity contribution in [2.75, 3.05) is 19.6 Å². The number of rotatable bonds is 4. The van der Waals surface area contributed by atoms with E-state index in [1.807, 2.05) is 0 Å². The predicted octanol–water partition coefficient (Wildman–Crippen LogP) is 1.15. The summed E-state index contributed by atoms with van der Waals surface area (Å²) >= 11 is 0. The first-order valence-corrected chi connectivity index (χ1v) is 9.34. The van der Waals surface area contributed by atoms with Crippen molar-refractivity contribution in [2.24, 2.45) is 5.73 Å². The first-order valence-electron chi connectivity index (χ1n) is 9.34. The number of hydrogen-bond acceptors (Lipinski definition) is 3. The van der Waals surface area contributed by atoms with Crippen LogP contribution < -0.4 is 11.2 Å². The van der Waals surface area contributed by atoms with Gasteiger partial charge in [-0.05, 0) is 44.3 Å². The summed E-state index contributed by atoms with van der Waals surface area (Å²) < 4.78 is 0. The quantitative estimate of drug-likeness (QED) is 0.820. The standard InChI is InChI=1S/C19H31BN2O/c20-16-6-4-5-15(13-16)18(19(23)9-2-1-3-10-19)14-22-11-7-17(21)8-12-22/h4-6,13,17-18,23H,1-3,7-12,14,20-21H2. The van der Waals surface area contributed by atoms with Gasteiger partial charge in [-0.25, -0.2) is 0 Å². The Kier molecular flexibility index (Phi) is 5.45. The predicted molar refractivity (Wildman–Crippen MR) is 99.0 cm³/mol. The summed E-state index contributed by atoms with van der Waals surface area (Å²) in [5.41, 5.74) is 8.11. The van der Waals surface area contributed by atoms with E-state index in [1.54, 1.807) is 0 Å². The highest BCUT2D eigenvalue weighted by atomic mass is 16.3. The fourth-order valence-corrected chi connectivity index (χ4v) is 4.38. The SMILES string of the molecule is Bc1cccc(C(CN2CCC(N)CC2)C2(O)CCCCC2)c1. The lowest BCUT2D eigenvalue weighted by Gasteiger charge is -2.43. The van der Waals surface area contributed by atoms with Crippen LogP contribution in [0.15, 0.2) is 24.3 Å². The van der Waals surface area contributed by atoms with Gasteiger partial charge in [0.15, 0.2) is 0 Å². The Balaban J connectivity index is 1.81. The molecular weight excluding hydrogens is 283 g/mol. The van der Waals surface area contributed by atoms with Crippen LogP contribution >= 0.6 is 0 Å². The highest BCUT2D eigenvalue weighted by molar-refractivity contribution is 6.32. The third-order valence-electron chi connectivity index (χ3n) is 5.89. The summed E-state index contributed by atoms with van der Waals surface area (Å²) in [4.78, 5) is 2.52. The van der Waals surface area contributed by atoms with Crippen molar-refractivity contribution in [1.29, 1.82) is 0 Å². The number of nitrogens with zero attached hydrogens (tertiary/aromatic N) is 1. The molecule has 1 aliphatic carbocycles. The highest BCUT2D eigenvalue weighted by Crippen LogP contribution is 2.40. The fraction of sp³-hybridized carbons (Fsp3) is 0.684. The summed E-state index contributed by atoms with van der Waals surface area (Å²) in [6.07, 6.45) is 7.63. The molecule has 0 amide bonds. The van der Waals surface area contributed by atoms with E-state index >= 15 is 0 Å². The van der Waals surface area contributed by atoms with Gasteiger partial charge >= 0.3 is 0 Å². The fourth-order valence-electron chi connectivity index (χ4n) is 4.38. The largest absolute Gasteiger partial charge is 0.389 e. The smallest absolute Gasteiger partial charge is 0.139 e. The molecule has 1 aromatic carbocycles. The van der Waals surface area contributed by atoms with E-state index in [2.05, 4.69) is 37.0 Å². The molecule has 4 heteroatoms. The zero-order valence-electron chi connectivity index (χ0n) is 14.5. The van der Waals surface area contributed by atoms with Crippen LogP contribution in [0.1, 0.15) is 56.4 Å². The molecule has 23 heavy (non-hydrogen) atoms. The van der Waals surface area contributed by atoms with Crippen LogP contribution in [0.2, 0.25) is 0 Å². The van der Waals surface area contributed by atoms with Gasteiger partial charge < -0.3 is 15.7 Å². The maximum absolute atomic E-state index is 11.4. The van der Waals surface area contributed by atoms with E-state index in [0.29, 0.717) is 6.04 Å². The summed E-state index contributed by atoms with van der Waals surface area (Å²) in [5, 5.41) is 11.4. The molecule has 0 radical (unpaired) electrons. The molecular formula is C19H31BN2O. The molecule has 0 aromatic heterocycles. The van der Waals surface area contributed by atoms with E-state index in [-0.39, 0.29) is 5.92 Å². The zero-order valence-corrected chi connectivity index (χ0v) is 14.5. The number of likely N-dealkylation sites (tertiary alicyclic amines) is 1. The molecule has 0 spiro atoms. The average molecular weight is 314 g/mol. The maximum Gasteiger partial charge on any atom is 0.139 e. The van der Waals surface area contributed by atoms with Crippen LogP contribution in [0.3, 0.4) is 0 Å². The molecule has 0 bridgehead atoms. The minimum absolute atomic E-state index is 0.219. The van der Waals surface area contributed by atoms with Gasteiger partial charge in [-0.2, -0.15) is 0 Å². The molecule has 2 fully saturated rings. The number of benzene rings is 1. The monoisotopic (exact) mass is 314 g/mol. The second-order valence-corrected chi connectivity index (χ2v) is 7.77. The third kappa shape index (κ3) is 4.17. The second kappa shape index (κ2) is 7.37. The third-order valence-corrected chi connectivity index (χ3v) is 5.89. The van der Waals surface area contributed by atoms with Crippen molar-refractivity contribution in [1.82, 2.24) is 4.90 Å². The number of nitrogens with two attached hydrogens (primary N) is 1. The molecule has 3 nitrogen and oxygen atoms in total. The Hall–Kier alpha value is -0.835. The molecule has 1 saturated carbocycles. The van der Waals surface area contributed by atoms with Crippen molar-refractivity contribution in [3.8, 4) is 0 Å². The van der Waals surface area contributed by atoms with Gasteiger partial charge in [0.1, 0.15) is 7.85 Å². The summed E-state index contributed by atoms with van der Waals surface area (Å²) in [7, 11) is 2.14. The van der Waals surface area contributed by atoms with Gasteiger partial charge in [0.25, 0.3) is 0 Å². The van der Waals surface area contributed by atoms with E-state index in [1.165, 1.54) is 17.4 Å². The Bertz CT molecular complexity index is 508. The lowest BCUT2D eigenvalue weighted by molar-refractivity contribution is -0.0324. The molecule has 1 aliphatic heterocycles. The molecule has 2 aliphatic rings. The Morgan fingerprint density at radius 2 is 1.91 bits per heavy atom. The van der Waals surface area contributed by atoms with Gasteiger partial charge in [0, 0.05) is 18.5 Å². The average Bonchev–Trinajstić information content (AvgIpc) is 2.55.